The van der Waals surface area contributed by atoms with Gasteiger partial charge in [-0.3, -0.25) is 19.3 Å². The van der Waals surface area contributed by atoms with E-state index in [-0.39, 0.29) is 43.4 Å². The van der Waals surface area contributed by atoms with Crippen LogP contribution in [-0.4, -0.2) is 65.9 Å². The molecule has 0 aliphatic carbocycles. The lowest BCUT2D eigenvalue weighted by Gasteiger charge is -2.51. The highest BCUT2D eigenvalue weighted by Gasteiger charge is 2.46. The summed E-state index contributed by atoms with van der Waals surface area (Å²) in [6.07, 6.45) is -0.580. The van der Waals surface area contributed by atoms with Gasteiger partial charge in [0.05, 0.1) is 25.9 Å². The Bertz CT molecular complexity index is 1570. The van der Waals surface area contributed by atoms with E-state index in [1.807, 2.05) is 24.3 Å². The van der Waals surface area contributed by atoms with E-state index in [4.69, 9.17) is 19.3 Å². The highest BCUT2D eigenvalue weighted by Crippen LogP contribution is 2.45. The Hall–Kier alpha value is -3.94. The van der Waals surface area contributed by atoms with Crippen LogP contribution in [0, 0.1) is 11.6 Å². The number of halogens is 2. The molecule has 6 rings (SSSR count). The second-order valence-corrected chi connectivity index (χ2v) is 10.2. The van der Waals surface area contributed by atoms with E-state index in [9.17, 15) is 18.8 Å². The number of thioether (sulfide) groups is 1. The summed E-state index contributed by atoms with van der Waals surface area (Å²) < 4.78 is 46.8. The monoisotopic (exact) mass is 571 g/mol. The first-order valence-electron chi connectivity index (χ1n) is 12.5. The van der Waals surface area contributed by atoms with E-state index in [0.29, 0.717) is 5.56 Å². The standard InChI is InChI=1S/C27H23F2N3O7S/c28-18-6-5-15-17(22(18)29)14-40-20-4-2-1-3-16(20)23(15)32-21-13-37-11-9-30(21)26(35)24-25(19(34)7-8-31(24)32)39-27(36)38-12-10-33/h1-8,21,23,33H,9-14H2/t21-,23+/m1/s1. The average molecular weight is 572 g/mol. The molecule has 10 nitrogen and oxygen atoms in total. The number of morpholine rings is 1. The van der Waals surface area contributed by atoms with Crippen LogP contribution in [0.4, 0.5) is 13.6 Å². The largest absolute Gasteiger partial charge is 0.514 e. The van der Waals surface area contributed by atoms with Gasteiger partial charge in [0.2, 0.25) is 11.2 Å². The number of carbonyl (C=O) groups is 2. The number of fused-ring (bicyclic) bond motifs is 4. The number of rotatable bonds is 4. The molecule has 1 N–H and O–H groups in total. The van der Waals surface area contributed by atoms with Gasteiger partial charge < -0.3 is 24.2 Å². The Morgan fingerprint density at radius 1 is 1.12 bits per heavy atom. The number of amides is 1. The first-order valence-corrected chi connectivity index (χ1v) is 13.5. The number of hydrogen-bond donors (Lipinski definition) is 1. The summed E-state index contributed by atoms with van der Waals surface area (Å²) >= 11 is 1.36. The number of ether oxygens (including phenoxy) is 3. The van der Waals surface area contributed by atoms with E-state index in [2.05, 4.69) is 0 Å². The number of nitrogens with zero attached hydrogens (tertiary/aromatic N) is 3. The van der Waals surface area contributed by atoms with Crippen molar-refractivity contribution in [1.82, 2.24) is 9.58 Å². The minimum atomic E-state index is -1.26. The number of hydrogen-bond acceptors (Lipinski definition) is 9. The lowest BCUT2D eigenvalue weighted by molar-refractivity contribution is -0.0198. The van der Waals surface area contributed by atoms with Crippen molar-refractivity contribution in [3.8, 4) is 5.75 Å². The van der Waals surface area contributed by atoms with Crippen LogP contribution < -0.4 is 15.2 Å². The summed E-state index contributed by atoms with van der Waals surface area (Å²) in [6, 6.07) is 10.4. The molecule has 0 radical (unpaired) electrons. The van der Waals surface area contributed by atoms with Crippen LogP contribution in [0.3, 0.4) is 0 Å². The van der Waals surface area contributed by atoms with E-state index in [1.54, 1.807) is 5.01 Å². The zero-order valence-electron chi connectivity index (χ0n) is 20.9. The van der Waals surface area contributed by atoms with Gasteiger partial charge in [0.15, 0.2) is 17.3 Å². The summed E-state index contributed by atoms with van der Waals surface area (Å²) in [5.41, 5.74) is 0.456. The number of benzene rings is 2. The molecule has 3 aliphatic heterocycles. The number of pyridine rings is 1. The molecule has 2 atom stereocenters. The number of aliphatic hydroxyl groups is 1. The summed E-state index contributed by atoms with van der Waals surface area (Å²) in [7, 11) is 0. The second-order valence-electron chi connectivity index (χ2n) is 9.22. The Kier molecular flexibility index (Phi) is 6.94. The maximum Gasteiger partial charge on any atom is 0.514 e. The fourth-order valence-electron chi connectivity index (χ4n) is 5.31. The number of carbonyl (C=O) groups excluding carboxylic acids is 2. The Morgan fingerprint density at radius 2 is 1.95 bits per heavy atom. The molecule has 13 heteroatoms. The molecule has 1 amide bonds. The van der Waals surface area contributed by atoms with Gasteiger partial charge >= 0.3 is 6.16 Å². The molecule has 1 aromatic heterocycles. The Labute approximate surface area is 230 Å². The van der Waals surface area contributed by atoms with Crippen LogP contribution in [0.5, 0.6) is 5.75 Å². The summed E-state index contributed by atoms with van der Waals surface area (Å²) in [4.78, 5) is 41.3. The topological polar surface area (TPSA) is 111 Å². The van der Waals surface area contributed by atoms with Gasteiger partial charge in [0, 0.05) is 35.0 Å². The first kappa shape index (κ1) is 26.3. The normalized spacial score (nSPS) is 19.6. The van der Waals surface area contributed by atoms with Crippen molar-refractivity contribution in [1.29, 1.82) is 0 Å². The predicted molar refractivity (Wildman–Crippen MR) is 138 cm³/mol. The second kappa shape index (κ2) is 10.6. The van der Waals surface area contributed by atoms with Crippen molar-refractivity contribution in [2.24, 2.45) is 0 Å². The quantitative estimate of drug-likeness (QED) is 0.473. The molecule has 0 bridgehead atoms. The Balaban J connectivity index is 1.60. The van der Waals surface area contributed by atoms with Crippen LogP contribution in [0.2, 0.25) is 0 Å². The molecule has 40 heavy (non-hydrogen) atoms. The molecule has 4 heterocycles. The molecule has 0 unspecified atom stereocenters. The predicted octanol–water partition coefficient (Wildman–Crippen LogP) is 2.78. The van der Waals surface area contributed by atoms with E-state index in [1.165, 1.54) is 33.6 Å². The van der Waals surface area contributed by atoms with Crippen LogP contribution in [-0.2, 0) is 15.2 Å². The SMILES string of the molecule is O=C(OCCO)Oc1c2n(ccc1=O)N([C@@H]1c3ccccc3SCc3c1ccc(F)c3F)[C@@H]1COCCN1C2=O. The summed E-state index contributed by atoms with van der Waals surface area (Å²) in [5, 5.41) is 10.7. The molecule has 3 aromatic rings. The van der Waals surface area contributed by atoms with Gasteiger partial charge in [0.1, 0.15) is 12.8 Å². The summed E-state index contributed by atoms with van der Waals surface area (Å²) in [5.74, 6) is -2.88. The van der Waals surface area contributed by atoms with Gasteiger partial charge in [-0.2, -0.15) is 0 Å². The van der Waals surface area contributed by atoms with Gasteiger partial charge in [0.25, 0.3) is 5.91 Å². The molecular formula is C27H23F2N3O7S. The zero-order valence-corrected chi connectivity index (χ0v) is 21.7. The van der Waals surface area contributed by atoms with Crippen molar-refractivity contribution in [3.05, 3.63) is 92.9 Å². The number of aromatic nitrogens is 1. The molecule has 0 saturated carbocycles. The van der Waals surface area contributed by atoms with Gasteiger partial charge in [-0.25, -0.2) is 13.6 Å². The van der Waals surface area contributed by atoms with Crippen LogP contribution in [0.15, 0.2) is 58.4 Å². The van der Waals surface area contributed by atoms with Crippen molar-refractivity contribution in [2.75, 3.05) is 38.0 Å². The van der Waals surface area contributed by atoms with E-state index < -0.39 is 53.7 Å². The molecule has 2 aromatic carbocycles. The van der Waals surface area contributed by atoms with Crippen LogP contribution >= 0.6 is 11.8 Å². The lowest BCUT2D eigenvalue weighted by Crippen LogP contribution is -2.66. The molecule has 1 fully saturated rings. The number of aliphatic hydroxyl groups excluding tert-OH is 1. The summed E-state index contributed by atoms with van der Waals surface area (Å²) in [6.45, 7) is -0.327. The first-order chi connectivity index (χ1) is 19.4. The van der Waals surface area contributed by atoms with Crippen LogP contribution in [0.1, 0.15) is 33.2 Å². The Morgan fingerprint density at radius 3 is 2.77 bits per heavy atom. The molecular weight excluding hydrogens is 548 g/mol. The van der Waals surface area contributed by atoms with E-state index >= 15 is 4.39 Å². The molecule has 1 saturated heterocycles. The van der Waals surface area contributed by atoms with Crippen molar-refractivity contribution in [3.63, 3.8) is 0 Å². The molecule has 208 valence electrons. The maximum atomic E-state index is 15.2. The maximum absolute atomic E-state index is 15.2. The average Bonchev–Trinajstić information content (AvgIpc) is 3.13. The van der Waals surface area contributed by atoms with Crippen molar-refractivity contribution in [2.45, 2.75) is 22.9 Å². The molecule has 3 aliphatic rings. The van der Waals surface area contributed by atoms with E-state index in [0.717, 1.165) is 22.6 Å². The fourth-order valence-corrected chi connectivity index (χ4v) is 6.43. The fraction of sp³-hybridized carbons (Fsp3) is 0.296. The minimum absolute atomic E-state index is 0.0941. The molecule has 0 spiro atoms. The third-order valence-corrected chi connectivity index (χ3v) is 8.15. The highest BCUT2D eigenvalue weighted by molar-refractivity contribution is 7.98. The zero-order chi connectivity index (χ0) is 28.0. The lowest BCUT2D eigenvalue weighted by atomic mass is 9.93. The third kappa shape index (κ3) is 4.30. The van der Waals surface area contributed by atoms with Gasteiger partial charge in [-0.15, -0.1) is 11.8 Å². The van der Waals surface area contributed by atoms with Gasteiger partial charge in [-0.1, -0.05) is 24.3 Å². The highest BCUT2D eigenvalue weighted by atomic mass is 32.2. The van der Waals surface area contributed by atoms with Crippen molar-refractivity contribution < 1.29 is 37.7 Å². The smallest absolute Gasteiger partial charge is 0.432 e. The van der Waals surface area contributed by atoms with Crippen molar-refractivity contribution >= 4 is 23.8 Å². The van der Waals surface area contributed by atoms with Gasteiger partial charge in [-0.05, 0) is 23.3 Å². The minimum Gasteiger partial charge on any atom is -0.432 e. The third-order valence-electron chi connectivity index (χ3n) is 7.03. The van der Waals surface area contributed by atoms with Crippen LogP contribution in [0.25, 0.3) is 0 Å².